The van der Waals surface area contributed by atoms with Crippen molar-refractivity contribution in [3.05, 3.63) is 57.9 Å². The van der Waals surface area contributed by atoms with Crippen LogP contribution in [0.5, 0.6) is 0 Å². The van der Waals surface area contributed by atoms with Crippen LogP contribution < -0.4 is 4.72 Å². The van der Waals surface area contributed by atoms with E-state index in [0.717, 1.165) is 17.2 Å². The molecule has 0 spiro atoms. The van der Waals surface area contributed by atoms with Crippen LogP contribution in [0.4, 0.5) is 17.6 Å². The molecule has 0 aliphatic rings. The highest BCUT2D eigenvalue weighted by molar-refractivity contribution is 7.90. The number of hydrogen-bond donors (Lipinski definition) is 2. The van der Waals surface area contributed by atoms with Gasteiger partial charge in [-0.1, -0.05) is 12.1 Å². The Balaban J connectivity index is 2.82. The van der Waals surface area contributed by atoms with Gasteiger partial charge < -0.3 is 9.66 Å². The smallest absolute Gasteiger partial charge is 0.419 e. The van der Waals surface area contributed by atoms with Crippen molar-refractivity contribution >= 4 is 17.3 Å². The Labute approximate surface area is 188 Å². The Bertz CT molecular complexity index is 1020. The second-order valence-corrected chi connectivity index (χ2v) is 10.8. The average Bonchev–Trinajstić information content (AvgIpc) is 2.63. The lowest BCUT2D eigenvalue weighted by Crippen LogP contribution is -2.42. The minimum atomic E-state index is -5.00. The maximum absolute atomic E-state index is 15.1. The van der Waals surface area contributed by atoms with Crippen LogP contribution in [0.3, 0.4) is 0 Å². The molecule has 2 rings (SSSR count). The van der Waals surface area contributed by atoms with Crippen LogP contribution in [0.15, 0.2) is 24.3 Å². The molecule has 0 fully saturated rings. The van der Waals surface area contributed by atoms with Crippen molar-refractivity contribution in [3.8, 4) is 11.1 Å². The fourth-order valence-corrected chi connectivity index (χ4v) is 4.16. The normalized spacial score (nSPS) is 14.3. The van der Waals surface area contributed by atoms with Crippen molar-refractivity contribution in [2.45, 2.75) is 64.9 Å². The second-order valence-electron chi connectivity index (χ2n) is 8.77. The molecule has 0 aliphatic heterocycles. The lowest BCUT2D eigenvalue weighted by molar-refractivity contribution is -0.140. The van der Waals surface area contributed by atoms with Crippen molar-refractivity contribution in [3.63, 3.8) is 0 Å². The van der Waals surface area contributed by atoms with E-state index in [1.807, 2.05) is 13.0 Å². The molecule has 2 aromatic rings. The molecule has 2 atom stereocenters. The Hall–Kier alpha value is -2.10. The lowest BCUT2D eigenvalue weighted by Gasteiger charge is -2.28. The summed E-state index contributed by atoms with van der Waals surface area (Å²) in [5, 5.41) is 9.31. The molecule has 0 saturated carbocycles. The molecule has 9 heteroatoms. The van der Waals surface area contributed by atoms with E-state index in [1.165, 1.54) is 6.07 Å². The number of halogens is 4. The van der Waals surface area contributed by atoms with Crippen molar-refractivity contribution in [2.24, 2.45) is 0 Å². The van der Waals surface area contributed by atoms with Gasteiger partial charge in [0.2, 0.25) is 0 Å². The topological polar surface area (TPSA) is 72.4 Å². The Kier molecular flexibility index (Phi) is 7.69. The number of nitrogens with one attached hydrogen (secondary N) is 1. The zero-order valence-electron chi connectivity index (χ0n) is 18.8. The predicted octanol–water partition coefficient (Wildman–Crippen LogP) is 6.00. The zero-order chi connectivity index (χ0) is 24.6. The van der Waals surface area contributed by atoms with Gasteiger partial charge in [0.15, 0.2) is 0 Å². The molecule has 0 bridgehead atoms. The summed E-state index contributed by atoms with van der Waals surface area (Å²) in [5.74, 6) is -2.94. The molecule has 4 nitrogen and oxygen atoms in total. The summed E-state index contributed by atoms with van der Waals surface area (Å²) in [6.45, 7) is 10.1. The first-order valence-corrected chi connectivity index (χ1v) is 11.1. The predicted molar refractivity (Wildman–Crippen MR) is 117 cm³/mol. The van der Waals surface area contributed by atoms with E-state index in [-0.39, 0.29) is 5.56 Å². The number of alkyl halides is 3. The Morgan fingerprint density at radius 2 is 1.69 bits per heavy atom. The number of carboxylic acids is 1. The molecule has 0 amide bonds. The highest BCUT2D eigenvalue weighted by Gasteiger charge is 2.39. The van der Waals surface area contributed by atoms with Gasteiger partial charge in [-0.3, -0.25) is 4.79 Å². The quantitative estimate of drug-likeness (QED) is 0.398. The van der Waals surface area contributed by atoms with Gasteiger partial charge in [0.25, 0.3) is 0 Å². The van der Waals surface area contributed by atoms with Gasteiger partial charge in [0.05, 0.1) is 18.0 Å². The molecule has 0 heterocycles. The summed E-state index contributed by atoms with van der Waals surface area (Å²) in [6.07, 6.45) is -5.75. The number of carbonyl (C=O) groups is 1. The highest BCUT2D eigenvalue weighted by atomic mass is 32.2. The van der Waals surface area contributed by atoms with Gasteiger partial charge in [-0.2, -0.15) is 13.2 Å². The molecule has 0 radical (unpaired) electrons. The third kappa shape index (κ3) is 5.82. The summed E-state index contributed by atoms with van der Waals surface area (Å²) in [6, 6.07) is 4.13. The van der Waals surface area contributed by atoms with Gasteiger partial charge in [-0.25, -0.2) is 4.39 Å². The minimum absolute atomic E-state index is 0.117. The van der Waals surface area contributed by atoms with Crippen molar-refractivity contribution in [1.82, 2.24) is 4.72 Å². The van der Waals surface area contributed by atoms with Gasteiger partial charge in [0.1, 0.15) is 10.6 Å². The number of hydrogen-bond acceptors (Lipinski definition) is 3. The van der Waals surface area contributed by atoms with Crippen LogP contribution >= 0.6 is 0 Å². The van der Waals surface area contributed by atoms with Crippen LogP contribution in [-0.4, -0.2) is 20.4 Å². The van der Waals surface area contributed by atoms with Crippen molar-refractivity contribution in [2.75, 3.05) is 0 Å². The van der Waals surface area contributed by atoms with Gasteiger partial charge in [-0.05, 0) is 81.5 Å². The number of aliphatic carboxylic acids is 1. The summed E-state index contributed by atoms with van der Waals surface area (Å²) in [5.41, 5.74) is 0.920. The van der Waals surface area contributed by atoms with E-state index in [4.69, 9.17) is 0 Å². The molecular weight excluding hydrogens is 446 g/mol. The first kappa shape index (κ1) is 26.2. The van der Waals surface area contributed by atoms with E-state index >= 15 is 4.39 Å². The van der Waals surface area contributed by atoms with Crippen molar-refractivity contribution < 1.29 is 32.0 Å². The van der Waals surface area contributed by atoms with E-state index in [0.29, 0.717) is 11.1 Å². The second kappa shape index (κ2) is 9.41. The van der Waals surface area contributed by atoms with Crippen LogP contribution in [0, 0.1) is 26.6 Å². The third-order valence-electron chi connectivity index (χ3n) is 5.20. The van der Waals surface area contributed by atoms with Crippen LogP contribution in [0.1, 0.15) is 61.1 Å². The molecule has 1 unspecified atom stereocenters. The number of rotatable bonds is 6. The number of benzene rings is 2. The Morgan fingerprint density at radius 1 is 1.12 bits per heavy atom. The molecule has 2 N–H and O–H groups in total. The van der Waals surface area contributed by atoms with E-state index in [9.17, 15) is 27.6 Å². The first-order chi connectivity index (χ1) is 14.5. The number of carboxylic acid groups (broad SMARTS) is 1. The summed E-state index contributed by atoms with van der Waals surface area (Å²) < 4.78 is 70.7. The average molecular weight is 474 g/mol. The zero-order valence-corrected chi connectivity index (χ0v) is 19.6. The van der Waals surface area contributed by atoms with Crippen LogP contribution in [-0.2, 0) is 22.3 Å². The van der Waals surface area contributed by atoms with Gasteiger partial charge in [0, 0.05) is 16.9 Å². The van der Waals surface area contributed by atoms with Gasteiger partial charge >= 0.3 is 12.1 Å². The largest absolute Gasteiger partial charge is 0.598 e. The number of aryl methyl sites for hydroxylation is 2. The minimum Gasteiger partial charge on any atom is -0.598 e. The third-order valence-corrected chi connectivity index (χ3v) is 6.81. The maximum atomic E-state index is 15.1. The highest BCUT2D eigenvalue weighted by Crippen LogP contribution is 2.40. The Morgan fingerprint density at radius 3 is 2.19 bits per heavy atom. The van der Waals surface area contributed by atoms with E-state index in [2.05, 4.69) is 4.72 Å². The molecule has 0 saturated heterocycles. The summed E-state index contributed by atoms with van der Waals surface area (Å²) in [4.78, 5) is 11.4. The SMILES string of the molecule is Cc1ccc(C)c(-c2cc(C(CC(=O)O)N[S@+]([O-])C(C)(C)C)c(F)c(C(F)(F)F)c2)c1C. The lowest BCUT2D eigenvalue weighted by atomic mass is 9.89. The van der Waals surface area contributed by atoms with Crippen molar-refractivity contribution in [1.29, 1.82) is 0 Å². The monoisotopic (exact) mass is 473 g/mol. The van der Waals surface area contributed by atoms with Crippen LogP contribution in [0.2, 0.25) is 0 Å². The standard InChI is InChI=1S/C23H27F4NO3S/c1-12-7-8-13(2)20(14(12)3)15-9-16(21(24)17(10-15)23(25,26)27)18(11-19(29)30)28-32(31)22(4,5)6/h7-10,18,28H,11H2,1-6H3,(H,29,30)/t18?,32-/m1/s1. The van der Waals surface area contributed by atoms with E-state index in [1.54, 1.807) is 40.7 Å². The van der Waals surface area contributed by atoms with Gasteiger partial charge in [-0.15, -0.1) is 4.72 Å². The molecule has 0 aromatic heterocycles. The molecule has 2 aromatic carbocycles. The summed E-state index contributed by atoms with van der Waals surface area (Å²) >= 11 is -1.85. The fourth-order valence-electron chi connectivity index (χ4n) is 3.34. The maximum Gasteiger partial charge on any atom is 0.419 e. The molecule has 0 aliphatic carbocycles. The van der Waals surface area contributed by atoms with Crippen LogP contribution in [0.25, 0.3) is 11.1 Å². The fraction of sp³-hybridized carbons (Fsp3) is 0.435. The molecule has 32 heavy (non-hydrogen) atoms. The molecule has 176 valence electrons. The summed E-state index contributed by atoms with van der Waals surface area (Å²) in [7, 11) is 0. The molecular formula is C23H27F4NO3S. The van der Waals surface area contributed by atoms with E-state index < -0.39 is 57.7 Å². The first-order valence-electron chi connectivity index (χ1n) is 9.91.